The summed E-state index contributed by atoms with van der Waals surface area (Å²) in [5, 5.41) is 20.5. The SMILES string of the molecule is Cc1cc(-n2cc(Cl)cn2)ccc1CNC(C)c1nc(C(F)(F)F)n[nH]1.O=C(O)C(F)(F)F. The number of aromatic nitrogens is 5. The van der Waals surface area contributed by atoms with Crippen molar-refractivity contribution >= 4 is 17.6 Å². The number of benzene rings is 1. The molecule has 0 saturated carbocycles. The van der Waals surface area contributed by atoms with Gasteiger partial charge >= 0.3 is 18.3 Å². The molecule has 15 heteroatoms. The number of carboxylic acid groups (broad SMARTS) is 1. The van der Waals surface area contributed by atoms with E-state index >= 15 is 0 Å². The molecule has 1 unspecified atom stereocenters. The van der Waals surface area contributed by atoms with E-state index in [1.54, 1.807) is 24.0 Å². The molecule has 8 nitrogen and oxygen atoms in total. The van der Waals surface area contributed by atoms with Crippen LogP contribution in [0.15, 0.2) is 30.6 Å². The van der Waals surface area contributed by atoms with Crippen LogP contribution in [0.25, 0.3) is 5.69 Å². The van der Waals surface area contributed by atoms with E-state index < -0.39 is 30.2 Å². The summed E-state index contributed by atoms with van der Waals surface area (Å²) >= 11 is 5.88. The monoisotopic (exact) mass is 498 g/mol. The van der Waals surface area contributed by atoms with Crippen LogP contribution in [0, 0.1) is 6.92 Å². The highest BCUT2D eigenvalue weighted by molar-refractivity contribution is 6.30. The second-order valence-corrected chi connectivity index (χ2v) is 7.10. The van der Waals surface area contributed by atoms with E-state index in [2.05, 4.69) is 25.6 Å². The number of alkyl halides is 6. The summed E-state index contributed by atoms with van der Waals surface area (Å²) in [6, 6.07) is 5.37. The molecule has 3 N–H and O–H groups in total. The van der Waals surface area contributed by atoms with Crippen molar-refractivity contribution in [3.05, 3.63) is 58.4 Å². The van der Waals surface area contributed by atoms with Gasteiger partial charge in [-0.2, -0.15) is 31.4 Å². The Morgan fingerprint density at radius 3 is 2.36 bits per heavy atom. The molecule has 0 aliphatic rings. The molecule has 2 aromatic heterocycles. The van der Waals surface area contributed by atoms with Crippen molar-refractivity contribution in [3.63, 3.8) is 0 Å². The number of hydrogen-bond donors (Lipinski definition) is 3. The minimum Gasteiger partial charge on any atom is -0.475 e. The zero-order valence-corrected chi connectivity index (χ0v) is 17.7. The standard InChI is InChI=1S/C16H16ClF3N6.C2HF3O2/c1-9-5-13(26-8-12(17)7-22-26)4-3-11(9)6-21-10(2)14-23-15(25-24-14)16(18,19)20;3-2(4,5)1(6)7/h3-5,7-8,10,21H,6H2,1-2H3,(H,23,24,25);(H,6,7). The maximum atomic E-state index is 12.6. The maximum absolute atomic E-state index is 12.6. The maximum Gasteiger partial charge on any atom is 0.490 e. The summed E-state index contributed by atoms with van der Waals surface area (Å²) in [7, 11) is 0. The number of aliphatic carboxylic acids is 1. The second-order valence-electron chi connectivity index (χ2n) is 6.66. The van der Waals surface area contributed by atoms with Crippen molar-refractivity contribution in [3.8, 4) is 5.69 Å². The summed E-state index contributed by atoms with van der Waals surface area (Å²) in [5.74, 6) is -3.79. The van der Waals surface area contributed by atoms with Gasteiger partial charge in [-0.15, -0.1) is 5.10 Å². The minimum atomic E-state index is -5.08. The van der Waals surface area contributed by atoms with Crippen LogP contribution in [0.5, 0.6) is 0 Å². The first kappa shape index (κ1) is 26.1. The average Bonchev–Trinajstić information content (AvgIpc) is 3.35. The smallest absolute Gasteiger partial charge is 0.475 e. The van der Waals surface area contributed by atoms with Crippen LogP contribution in [0.4, 0.5) is 26.3 Å². The summed E-state index contributed by atoms with van der Waals surface area (Å²) < 4.78 is 71.1. The van der Waals surface area contributed by atoms with E-state index in [1.165, 1.54) is 0 Å². The average molecular weight is 499 g/mol. The molecule has 2 heterocycles. The Morgan fingerprint density at radius 2 is 1.91 bits per heavy atom. The van der Waals surface area contributed by atoms with Crippen molar-refractivity contribution in [1.29, 1.82) is 0 Å². The fourth-order valence-corrected chi connectivity index (χ4v) is 2.55. The van der Waals surface area contributed by atoms with E-state index in [9.17, 15) is 26.3 Å². The molecule has 1 aromatic carbocycles. The Labute approximate surface area is 187 Å². The topological polar surface area (TPSA) is 109 Å². The summed E-state index contributed by atoms with van der Waals surface area (Å²) in [4.78, 5) is 12.4. The number of aromatic amines is 1. The molecular formula is C18H17ClF6N6O2. The predicted octanol–water partition coefficient (Wildman–Crippen LogP) is 4.46. The van der Waals surface area contributed by atoms with Gasteiger partial charge in [0.05, 0.1) is 22.9 Å². The van der Waals surface area contributed by atoms with Crippen molar-refractivity contribution in [2.45, 2.75) is 38.8 Å². The van der Waals surface area contributed by atoms with Gasteiger partial charge < -0.3 is 10.4 Å². The molecule has 0 aliphatic carbocycles. The Hall–Kier alpha value is -3.13. The minimum absolute atomic E-state index is 0.137. The second kappa shape index (κ2) is 10.2. The van der Waals surface area contributed by atoms with Gasteiger partial charge in [-0.3, -0.25) is 5.10 Å². The number of hydrogen-bond acceptors (Lipinski definition) is 5. The number of carbonyl (C=O) groups is 1. The van der Waals surface area contributed by atoms with Crippen LogP contribution in [-0.2, 0) is 17.5 Å². The first-order valence-corrected chi connectivity index (χ1v) is 9.39. The molecule has 1 atom stereocenters. The molecule has 3 aromatic rings. The normalized spacial score (nSPS) is 12.8. The highest BCUT2D eigenvalue weighted by Crippen LogP contribution is 2.26. The van der Waals surface area contributed by atoms with Crippen LogP contribution in [0.3, 0.4) is 0 Å². The van der Waals surface area contributed by atoms with Gasteiger partial charge in [0.15, 0.2) is 0 Å². The number of rotatable bonds is 5. The molecule has 0 spiro atoms. The molecular weight excluding hydrogens is 482 g/mol. The fourth-order valence-electron chi connectivity index (χ4n) is 2.42. The lowest BCUT2D eigenvalue weighted by Crippen LogP contribution is -2.21. The lowest BCUT2D eigenvalue weighted by molar-refractivity contribution is -0.192. The summed E-state index contributed by atoms with van der Waals surface area (Å²) in [6.45, 7) is 4.14. The first-order chi connectivity index (χ1) is 15.2. The van der Waals surface area contributed by atoms with E-state index in [1.807, 2.05) is 25.1 Å². The van der Waals surface area contributed by atoms with Gasteiger partial charge in [0.1, 0.15) is 5.82 Å². The number of aryl methyl sites for hydroxylation is 1. The zero-order chi connectivity index (χ0) is 25.0. The highest BCUT2D eigenvalue weighted by atomic mass is 35.5. The lowest BCUT2D eigenvalue weighted by Gasteiger charge is -2.13. The number of H-pyrrole nitrogens is 1. The Morgan fingerprint density at radius 1 is 1.27 bits per heavy atom. The van der Waals surface area contributed by atoms with E-state index in [0.29, 0.717) is 11.6 Å². The molecule has 0 saturated heterocycles. The predicted molar refractivity (Wildman–Crippen MR) is 104 cm³/mol. The summed E-state index contributed by atoms with van der Waals surface area (Å²) in [5.41, 5.74) is 2.90. The van der Waals surface area contributed by atoms with Gasteiger partial charge in [0, 0.05) is 12.7 Å². The van der Waals surface area contributed by atoms with E-state index in [0.717, 1.165) is 16.8 Å². The van der Waals surface area contributed by atoms with Gasteiger partial charge in [0.2, 0.25) is 0 Å². The van der Waals surface area contributed by atoms with Crippen LogP contribution in [0.1, 0.15) is 35.7 Å². The van der Waals surface area contributed by atoms with Crippen molar-refractivity contribution in [2.75, 3.05) is 0 Å². The molecule has 33 heavy (non-hydrogen) atoms. The van der Waals surface area contributed by atoms with Crippen LogP contribution < -0.4 is 5.32 Å². The molecule has 180 valence electrons. The number of nitrogens with one attached hydrogen (secondary N) is 2. The van der Waals surface area contributed by atoms with E-state index in [4.69, 9.17) is 21.5 Å². The highest BCUT2D eigenvalue weighted by Gasteiger charge is 2.38. The molecule has 0 fully saturated rings. The quantitative estimate of drug-likeness (QED) is 0.448. The van der Waals surface area contributed by atoms with Crippen molar-refractivity contribution < 1.29 is 36.2 Å². The number of halogens is 7. The largest absolute Gasteiger partial charge is 0.490 e. The first-order valence-electron chi connectivity index (χ1n) is 9.01. The Bertz CT molecular complexity index is 1090. The lowest BCUT2D eigenvalue weighted by atomic mass is 10.1. The third-order valence-corrected chi connectivity index (χ3v) is 4.34. The molecule has 0 bridgehead atoms. The van der Waals surface area contributed by atoms with Gasteiger partial charge in [-0.25, -0.2) is 14.5 Å². The van der Waals surface area contributed by atoms with Crippen molar-refractivity contribution in [2.24, 2.45) is 0 Å². The zero-order valence-electron chi connectivity index (χ0n) is 17.0. The van der Waals surface area contributed by atoms with Gasteiger partial charge in [-0.05, 0) is 37.1 Å². The van der Waals surface area contributed by atoms with Crippen molar-refractivity contribution in [1.82, 2.24) is 30.3 Å². The fraction of sp³-hybridized carbons (Fsp3) is 0.333. The molecule has 3 rings (SSSR count). The number of nitrogens with zero attached hydrogens (tertiary/aromatic N) is 4. The third kappa shape index (κ3) is 7.46. The van der Waals surface area contributed by atoms with Gasteiger partial charge in [-0.1, -0.05) is 17.7 Å². The number of carboxylic acids is 1. The van der Waals surface area contributed by atoms with Crippen LogP contribution >= 0.6 is 11.6 Å². The molecule has 0 amide bonds. The molecule has 0 radical (unpaired) electrons. The Balaban J connectivity index is 0.000000479. The third-order valence-electron chi connectivity index (χ3n) is 4.15. The molecule has 0 aliphatic heterocycles. The van der Waals surface area contributed by atoms with Crippen LogP contribution in [-0.4, -0.2) is 42.2 Å². The van der Waals surface area contributed by atoms with E-state index in [-0.39, 0.29) is 5.82 Å². The summed E-state index contributed by atoms with van der Waals surface area (Å²) in [6.07, 6.45) is -6.38. The Kier molecular flexibility index (Phi) is 8.08. The van der Waals surface area contributed by atoms with Gasteiger partial charge in [0.25, 0.3) is 5.82 Å². The van der Waals surface area contributed by atoms with Crippen LogP contribution in [0.2, 0.25) is 5.02 Å².